The van der Waals surface area contributed by atoms with Crippen molar-refractivity contribution in [3.8, 4) is 23.0 Å². The van der Waals surface area contributed by atoms with Crippen molar-refractivity contribution >= 4 is 69.6 Å². The van der Waals surface area contributed by atoms with Crippen LogP contribution in [0.3, 0.4) is 0 Å². The number of nitro benzene ring substituents is 2. The van der Waals surface area contributed by atoms with E-state index in [9.17, 15) is 29.8 Å². The van der Waals surface area contributed by atoms with Gasteiger partial charge in [0, 0.05) is 50.4 Å². The first kappa shape index (κ1) is 42.1. The predicted octanol–water partition coefficient (Wildman–Crippen LogP) is 10.4. The molecule has 0 aliphatic heterocycles. The molecule has 286 valence electrons. The lowest BCUT2D eigenvalue weighted by Gasteiger charge is -2.24. The molecule has 0 saturated heterocycles. The highest BCUT2D eigenvalue weighted by Gasteiger charge is 2.22. The molecule has 0 aliphatic carbocycles. The molecule has 0 saturated carbocycles. The largest absolute Gasteiger partial charge is 0.457 e. The Kier molecular flexibility index (Phi) is 16.6. The standard InChI is InChI=1S/C38H38Cl4N4O8/c39-35(40)37(47)43(25-27-7-15-31(16-8-27)53-33-19-11-29(12-20-33)45(49)50)23-5-3-1-2-4-6-24-44(38(48)36(41)42)26-28-9-17-32(18-10-28)54-34-21-13-30(14-22-34)46(51)52/h7-22,35-36H,1-6,23-26H2. The number of carbonyl (C=O) groups excluding carboxylic acids is 2. The van der Waals surface area contributed by atoms with Gasteiger partial charge in [-0.2, -0.15) is 0 Å². The van der Waals surface area contributed by atoms with Crippen LogP contribution in [-0.4, -0.2) is 54.2 Å². The van der Waals surface area contributed by atoms with Crippen molar-refractivity contribution in [2.24, 2.45) is 0 Å². The number of non-ortho nitro benzene ring substituents is 2. The third kappa shape index (κ3) is 13.7. The molecular weight excluding hydrogens is 782 g/mol. The summed E-state index contributed by atoms with van der Waals surface area (Å²) in [4.78, 5) is 47.2. The van der Waals surface area contributed by atoms with Crippen molar-refractivity contribution in [3.63, 3.8) is 0 Å². The minimum atomic E-state index is -1.19. The number of benzene rings is 4. The second-order valence-corrected chi connectivity index (χ2v) is 14.4. The van der Waals surface area contributed by atoms with Crippen LogP contribution in [0.15, 0.2) is 97.1 Å². The minimum absolute atomic E-state index is 0.0272. The summed E-state index contributed by atoms with van der Waals surface area (Å²) < 4.78 is 11.5. The van der Waals surface area contributed by atoms with Gasteiger partial charge in [0.1, 0.15) is 23.0 Å². The van der Waals surface area contributed by atoms with Crippen LogP contribution in [-0.2, 0) is 22.7 Å². The van der Waals surface area contributed by atoms with Crippen LogP contribution in [0.2, 0.25) is 0 Å². The molecule has 0 heterocycles. The fourth-order valence-electron chi connectivity index (χ4n) is 5.43. The summed E-state index contributed by atoms with van der Waals surface area (Å²) in [5.41, 5.74) is 1.66. The van der Waals surface area contributed by atoms with Gasteiger partial charge in [0.25, 0.3) is 23.2 Å². The molecule has 0 N–H and O–H groups in total. The third-order valence-electron chi connectivity index (χ3n) is 8.26. The number of rotatable bonds is 21. The molecule has 0 radical (unpaired) electrons. The van der Waals surface area contributed by atoms with Gasteiger partial charge in [-0.15, -0.1) is 0 Å². The Hall–Kier alpha value is -4.62. The van der Waals surface area contributed by atoms with Crippen LogP contribution in [0, 0.1) is 20.2 Å². The zero-order valence-corrected chi connectivity index (χ0v) is 32.1. The topological polar surface area (TPSA) is 145 Å². The van der Waals surface area contributed by atoms with E-state index in [1.54, 1.807) is 34.1 Å². The quantitative estimate of drug-likeness (QED) is 0.0349. The number of nitro groups is 2. The second kappa shape index (κ2) is 21.3. The van der Waals surface area contributed by atoms with E-state index in [-0.39, 0.29) is 23.2 Å². The van der Waals surface area contributed by atoms with E-state index >= 15 is 0 Å². The lowest BCUT2D eigenvalue weighted by molar-refractivity contribution is -0.385. The number of carbonyl (C=O) groups is 2. The van der Waals surface area contributed by atoms with Crippen molar-refractivity contribution in [3.05, 3.63) is 128 Å². The number of amides is 2. The molecule has 0 fully saturated rings. The van der Waals surface area contributed by atoms with Crippen molar-refractivity contribution in [2.45, 2.75) is 61.3 Å². The van der Waals surface area contributed by atoms with E-state index in [1.165, 1.54) is 48.5 Å². The van der Waals surface area contributed by atoms with Gasteiger partial charge in [0.05, 0.1) is 9.85 Å². The third-order valence-corrected chi connectivity index (χ3v) is 9.01. The Labute approximate surface area is 332 Å². The lowest BCUT2D eigenvalue weighted by atomic mass is 10.1. The maximum Gasteiger partial charge on any atom is 0.269 e. The average Bonchev–Trinajstić information content (AvgIpc) is 3.16. The molecule has 4 rings (SSSR count). The van der Waals surface area contributed by atoms with Crippen LogP contribution in [0.25, 0.3) is 0 Å². The number of halogens is 4. The molecule has 54 heavy (non-hydrogen) atoms. The molecule has 0 aromatic heterocycles. The number of alkyl halides is 4. The first-order chi connectivity index (χ1) is 25.9. The number of nitrogens with zero attached hydrogens (tertiary/aromatic N) is 4. The number of unbranched alkanes of at least 4 members (excludes halogenated alkanes) is 5. The van der Waals surface area contributed by atoms with Crippen LogP contribution in [0.1, 0.15) is 49.7 Å². The van der Waals surface area contributed by atoms with Crippen molar-refractivity contribution < 1.29 is 28.9 Å². The van der Waals surface area contributed by atoms with Gasteiger partial charge in [-0.25, -0.2) is 0 Å². The first-order valence-corrected chi connectivity index (χ1v) is 18.8. The van der Waals surface area contributed by atoms with E-state index in [0.29, 0.717) is 49.2 Å². The Morgan fingerprint density at radius 2 is 0.778 bits per heavy atom. The van der Waals surface area contributed by atoms with Gasteiger partial charge in [-0.1, -0.05) is 96.4 Å². The molecule has 0 spiro atoms. The molecule has 2 amide bonds. The summed E-state index contributed by atoms with van der Waals surface area (Å²) in [5.74, 6) is 1.24. The van der Waals surface area contributed by atoms with Crippen LogP contribution in [0.4, 0.5) is 11.4 Å². The molecule has 0 aliphatic rings. The predicted molar refractivity (Wildman–Crippen MR) is 209 cm³/mol. The highest BCUT2D eigenvalue weighted by atomic mass is 35.5. The summed E-state index contributed by atoms with van der Waals surface area (Å²) in [6.45, 7) is 1.58. The van der Waals surface area contributed by atoms with E-state index in [0.717, 1.165) is 49.7 Å². The molecular formula is C38H38Cl4N4O8. The van der Waals surface area contributed by atoms with Crippen molar-refractivity contribution in [1.82, 2.24) is 9.80 Å². The zero-order chi connectivity index (χ0) is 39.0. The number of ether oxygens (including phenoxy) is 2. The highest BCUT2D eigenvalue weighted by molar-refractivity contribution is 6.53. The zero-order valence-electron chi connectivity index (χ0n) is 29.0. The van der Waals surface area contributed by atoms with Crippen LogP contribution >= 0.6 is 46.4 Å². The number of hydrogen-bond acceptors (Lipinski definition) is 8. The van der Waals surface area contributed by atoms with Gasteiger partial charge in [0.2, 0.25) is 0 Å². The van der Waals surface area contributed by atoms with Gasteiger partial charge in [-0.3, -0.25) is 29.8 Å². The van der Waals surface area contributed by atoms with E-state index in [2.05, 4.69) is 0 Å². The van der Waals surface area contributed by atoms with Crippen molar-refractivity contribution in [2.75, 3.05) is 13.1 Å². The Bertz CT molecular complexity index is 1690. The van der Waals surface area contributed by atoms with Crippen LogP contribution < -0.4 is 9.47 Å². The summed E-state index contributed by atoms with van der Waals surface area (Å²) >= 11 is 23.8. The molecule has 0 unspecified atom stereocenters. The normalized spacial score (nSPS) is 11.0. The summed E-state index contributed by atoms with van der Waals surface area (Å²) in [6, 6.07) is 25.9. The molecule has 4 aromatic carbocycles. The van der Waals surface area contributed by atoms with E-state index < -0.39 is 19.5 Å². The lowest BCUT2D eigenvalue weighted by Crippen LogP contribution is -2.35. The van der Waals surface area contributed by atoms with E-state index in [4.69, 9.17) is 55.9 Å². The van der Waals surface area contributed by atoms with E-state index in [1.807, 2.05) is 24.3 Å². The Morgan fingerprint density at radius 1 is 0.500 bits per heavy atom. The summed E-state index contributed by atoms with van der Waals surface area (Å²) in [5, 5.41) is 21.7. The summed E-state index contributed by atoms with van der Waals surface area (Å²) in [6.07, 6.45) is 5.12. The highest BCUT2D eigenvalue weighted by Crippen LogP contribution is 2.26. The molecule has 0 bridgehead atoms. The monoisotopic (exact) mass is 818 g/mol. The number of hydrogen-bond donors (Lipinski definition) is 0. The maximum atomic E-state index is 12.8. The fraction of sp³-hybridized carbons (Fsp3) is 0.316. The van der Waals surface area contributed by atoms with Crippen LogP contribution in [0.5, 0.6) is 23.0 Å². The average molecular weight is 821 g/mol. The van der Waals surface area contributed by atoms with Gasteiger partial charge < -0.3 is 19.3 Å². The Morgan fingerprint density at radius 3 is 1.06 bits per heavy atom. The smallest absolute Gasteiger partial charge is 0.269 e. The molecule has 12 nitrogen and oxygen atoms in total. The van der Waals surface area contributed by atoms with Gasteiger partial charge >= 0.3 is 0 Å². The maximum absolute atomic E-state index is 12.8. The second-order valence-electron chi connectivity index (χ2n) is 12.2. The summed E-state index contributed by atoms with van der Waals surface area (Å²) in [7, 11) is 0. The first-order valence-electron chi connectivity index (χ1n) is 17.1. The van der Waals surface area contributed by atoms with Gasteiger partial charge in [0.15, 0.2) is 9.67 Å². The van der Waals surface area contributed by atoms with Gasteiger partial charge in [-0.05, 0) is 72.5 Å². The molecule has 0 atom stereocenters. The SMILES string of the molecule is O=C(C(Cl)Cl)N(CCCCCCCCN(Cc1ccc(Oc2ccc([N+](=O)[O-])cc2)cc1)C(=O)C(Cl)Cl)Cc1ccc(Oc2ccc([N+](=O)[O-])cc2)cc1. The molecule has 16 heteroatoms. The molecule has 4 aromatic rings. The Balaban J connectivity index is 1.18. The minimum Gasteiger partial charge on any atom is -0.457 e. The van der Waals surface area contributed by atoms with Crippen molar-refractivity contribution in [1.29, 1.82) is 0 Å². The fourth-order valence-corrected chi connectivity index (χ4v) is 5.99.